The smallest absolute Gasteiger partial charge is 0.217 e. The zero-order chi connectivity index (χ0) is 27.2. The van der Waals surface area contributed by atoms with Crippen molar-refractivity contribution in [1.29, 1.82) is 0 Å². The molecule has 6 rings (SSSR count). The quantitative estimate of drug-likeness (QED) is 0.180. The van der Waals surface area contributed by atoms with Crippen LogP contribution in [0.15, 0.2) is 158 Å². The van der Waals surface area contributed by atoms with Gasteiger partial charge in [-0.3, -0.25) is 4.98 Å². The molecule has 0 aliphatic rings. The third kappa shape index (κ3) is 5.33. The van der Waals surface area contributed by atoms with Gasteiger partial charge in [0.05, 0.1) is 5.72 Å². The Balaban J connectivity index is 1.49. The average molecular weight is 553 g/mol. The van der Waals surface area contributed by atoms with Crippen LogP contribution in [0.5, 0.6) is 0 Å². The summed E-state index contributed by atoms with van der Waals surface area (Å²) in [7, 11) is -1.75. The highest BCUT2D eigenvalue weighted by molar-refractivity contribution is 7.10. The molecular formula is C35H30BClN2Si. The van der Waals surface area contributed by atoms with Crippen LogP contribution in [0.2, 0.25) is 5.02 Å². The predicted octanol–water partition coefficient (Wildman–Crippen LogP) is 5.10. The van der Waals surface area contributed by atoms with Gasteiger partial charge in [0.1, 0.15) is 0 Å². The summed E-state index contributed by atoms with van der Waals surface area (Å²) in [5.41, 5.74) is 3.68. The van der Waals surface area contributed by atoms with Gasteiger partial charge in [0.25, 0.3) is 0 Å². The second-order valence-corrected chi connectivity index (χ2v) is 14.5. The lowest BCUT2D eigenvalue weighted by Crippen LogP contribution is -2.70. The highest BCUT2D eigenvalue weighted by atomic mass is 35.5. The van der Waals surface area contributed by atoms with Gasteiger partial charge in [-0.15, -0.1) is 0 Å². The molecule has 5 aromatic carbocycles. The van der Waals surface area contributed by atoms with Crippen LogP contribution in [0.4, 0.5) is 0 Å². The zero-order valence-electron chi connectivity index (χ0n) is 22.3. The maximum atomic E-state index is 6.65. The van der Waals surface area contributed by atoms with Crippen LogP contribution in [-0.2, 0) is 6.17 Å². The Morgan fingerprint density at radius 1 is 0.625 bits per heavy atom. The number of aromatic nitrogens is 2. The normalized spacial score (nSPS) is 11.4. The molecule has 0 N–H and O–H groups in total. The second kappa shape index (κ2) is 12.0. The molecule has 0 atom stereocenters. The zero-order valence-corrected chi connectivity index (χ0v) is 24.0. The molecule has 0 unspecified atom stereocenters. The number of halogens is 1. The van der Waals surface area contributed by atoms with Gasteiger partial charge in [-0.2, -0.15) is 0 Å². The first-order valence-electron chi connectivity index (χ1n) is 13.7. The third-order valence-corrected chi connectivity index (χ3v) is 12.8. The Kier molecular flexibility index (Phi) is 7.81. The molecule has 1 aromatic heterocycles. The van der Waals surface area contributed by atoms with E-state index in [2.05, 4.69) is 150 Å². The summed E-state index contributed by atoms with van der Waals surface area (Å²) in [5.74, 6) is 0.208. The summed E-state index contributed by atoms with van der Waals surface area (Å²) in [4.78, 5) is 4.95. The van der Waals surface area contributed by atoms with Gasteiger partial charge < -0.3 is 4.57 Å². The fourth-order valence-electron chi connectivity index (χ4n) is 5.88. The first kappa shape index (κ1) is 26.1. The van der Waals surface area contributed by atoms with Crippen molar-refractivity contribution < 1.29 is 0 Å². The van der Waals surface area contributed by atoms with Crippen LogP contribution >= 0.6 is 11.6 Å². The Hall–Kier alpha value is -4.12. The minimum Gasteiger partial charge on any atom is -0.345 e. The van der Waals surface area contributed by atoms with Crippen LogP contribution in [0.3, 0.4) is 0 Å². The molecular weight excluding hydrogens is 523 g/mol. The molecule has 0 aliphatic carbocycles. The van der Waals surface area contributed by atoms with Crippen LogP contribution < -0.4 is 21.3 Å². The van der Waals surface area contributed by atoms with Crippen molar-refractivity contribution in [2.75, 3.05) is 0 Å². The van der Waals surface area contributed by atoms with Gasteiger partial charge >= 0.3 is 0 Å². The monoisotopic (exact) mass is 552 g/mol. The fourth-order valence-corrected chi connectivity index (χ4v) is 10.8. The molecule has 0 saturated carbocycles. The van der Waals surface area contributed by atoms with Gasteiger partial charge in [-0.1, -0.05) is 145 Å². The molecule has 0 radical (unpaired) electrons. The Labute approximate surface area is 243 Å². The summed E-state index contributed by atoms with van der Waals surface area (Å²) in [6, 6.07) is 52.0. The van der Waals surface area contributed by atoms with E-state index >= 15 is 0 Å². The molecule has 0 amide bonds. The van der Waals surface area contributed by atoms with Crippen LogP contribution in [0.25, 0.3) is 0 Å². The average Bonchev–Trinajstić information content (AvgIpc) is 3.46. The molecule has 0 aliphatic heterocycles. The van der Waals surface area contributed by atoms with E-state index < -0.39 is 8.07 Å². The van der Waals surface area contributed by atoms with Crippen LogP contribution in [-0.4, -0.2) is 24.9 Å². The van der Waals surface area contributed by atoms with E-state index in [-0.39, 0.29) is 5.82 Å². The summed E-state index contributed by atoms with van der Waals surface area (Å²) in [5, 5.41) is 4.76. The van der Waals surface area contributed by atoms with Gasteiger partial charge in [-0.05, 0) is 44.6 Å². The van der Waals surface area contributed by atoms with Gasteiger partial charge in [0.2, 0.25) is 7.28 Å². The first-order chi connectivity index (χ1) is 19.7. The van der Waals surface area contributed by atoms with Crippen LogP contribution in [0, 0.1) is 0 Å². The number of rotatable bonds is 9. The Morgan fingerprint density at radius 2 is 1.12 bits per heavy atom. The predicted molar refractivity (Wildman–Crippen MR) is 173 cm³/mol. The maximum absolute atomic E-state index is 6.65. The molecule has 2 nitrogen and oxygen atoms in total. The summed E-state index contributed by atoms with van der Waals surface area (Å²) >= 11 is 6.65. The number of nitrogens with zero attached hydrogens (tertiary/aromatic N) is 2. The van der Waals surface area contributed by atoms with Crippen molar-refractivity contribution in [2.45, 2.75) is 12.0 Å². The molecule has 194 valence electrons. The summed E-state index contributed by atoms with van der Waals surface area (Å²) in [6.45, 7) is 0. The van der Waals surface area contributed by atoms with Crippen LogP contribution in [0.1, 0.15) is 16.9 Å². The molecule has 0 bridgehead atoms. The lowest BCUT2D eigenvalue weighted by molar-refractivity contribution is 0.889. The highest BCUT2D eigenvalue weighted by Gasteiger charge is 2.40. The van der Waals surface area contributed by atoms with Crippen molar-refractivity contribution in [3.63, 3.8) is 0 Å². The molecule has 0 spiro atoms. The molecule has 0 saturated heterocycles. The van der Waals surface area contributed by atoms with E-state index in [1.165, 1.54) is 26.7 Å². The standard InChI is InChI=1S/C35H30BClN2Si/c37-30-18-13-23-33(26-30)40(31-19-9-3-10-20-31,32-21-11-4-12-22-32)27-39-25-24-38-35(39)36-34(28-14-5-1-6-15-28)29-16-7-2-8-17-29/h1-26,34,36H,27H2. The van der Waals surface area contributed by atoms with Crippen molar-refractivity contribution in [3.8, 4) is 0 Å². The SMILES string of the molecule is Clc1cccc([Si](Cn2ccnc2BC(c2ccccc2)c2ccccc2)(c2ccccc2)c2ccccc2)c1. The van der Waals surface area contributed by atoms with Crippen molar-refractivity contribution in [3.05, 3.63) is 174 Å². The molecule has 6 aromatic rings. The topological polar surface area (TPSA) is 17.8 Å². The highest BCUT2D eigenvalue weighted by Crippen LogP contribution is 2.23. The number of imidazole rings is 1. The van der Waals surface area contributed by atoms with Gasteiger partial charge in [-0.25, -0.2) is 0 Å². The first-order valence-corrected chi connectivity index (χ1v) is 16.3. The third-order valence-electron chi connectivity index (χ3n) is 7.85. The minimum atomic E-state index is -2.56. The number of hydrogen-bond acceptors (Lipinski definition) is 1. The number of hydrogen-bond donors (Lipinski definition) is 0. The van der Waals surface area contributed by atoms with E-state index in [1.807, 2.05) is 12.3 Å². The fraction of sp³-hybridized carbons (Fsp3) is 0.0571. The van der Waals surface area contributed by atoms with E-state index in [0.717, 1.165) is 24.2 Å². The lowest BCUT2D eigenvalue weighted by Gasteiger charge is -2.35. The molecule has 5 heteroatoms. The lowest BCUT2D eigenvalue weighted by atomic mass is 9.58. The maximum Gasteiger partial charge on any atom is 0.217 e. The summed E-state index contributed by atoms with van der Waals surface area (Å²) < 4.78 is 2.39. The minimum absolute atomic E-state index is 0.208. The van der Waals surface area contributed by atoms with Gasteiger partial charge in [0, 0.05) is 23.6 Å². The van der Waals surface area contributed by atoms with Crippen molar-refractivity contribution in [1.82, 2.24) is 9.55 Å². The number of benzene rings is 5. The largest absolute Gasteiger partial charge is 0.345 e. The van der Waals surface area contributed by atoms with Gasteiger partial charge in [0.15, 0.2) is 8.07 Å². The second-order valence-electron chi connectivity index (χ2n) is 10.2. The Bertz CT molecular complexity index is 1580. The van der Waals surface area contributed by atoms with E-state index in [0.29, 0.717) is 0 Å². The van der Waals surface area contributed by atoms with Crippen molar-refractivity contribution in [2.24, 2.45) is 0 Å². The Morgan fingerprint density at radius 3 is 1.65 bits per heavy atom. The van der Waals surface area contributed by atoms with E-state index in [9.17, 15) is 0 Å². The molecule has 40 heavy (non-hydrogen) atoms. The van der Waals surface area contributed by atoms with Crippen molar-refractivity contribution >= 4 is 48.2 Å². The van der Waals surface area contributed by atoms with E-state index in [4.69, 9.17) is 16.6 Å². The van der Waals surface area contributed by atoms with E-state index in [1.54, 1.807) is 0 Å². The molecule has 1 heterocycles. The molecule has 0 fully saturated rings. The summed E-state index contributed by atoms with van der Waals surface area (Å²) in [6.07, 6.45) is 4.93.